The zero-order chi connectivity index (χ0) is 12.2. The molecule has 5 nitrogen and oxygen atoms in total. The van der Waals surface area contributed by atoms with E-state index in [2.05, 4.69) is 15.3 Å². The van der Waals surface area contributed by atoms with Crippen molar-refractivity contribution in [1.82, 2.24) is 9.97 Å². The fraction of sp³-hybridized carbons (Fsp3) is 0.600. The van der Waals surface area contributed by atoms with Gasteiger partial charge in [0.2, 0.25) is 5.95 Å². The van der Waals surface area contributed by atoms with Crippen LogP contribution < -0.4 is 11.1 Å². The molecule has 0 saturated heterocycles. The minimum atomic E-state index is -0.263. The standard InChI is InChI=1S/C10H17ClN4O/c1-4-16-10(2,3)6-13-8-5-7(11)14-9(12)15-8/h5H,4,6H2,1-3H3,(H3,12,13,14,15). The lowest BCUT2D eigenvalue weighted by Crippen LogP contribution is -2.33. The van der Waals surface area contributed by atoms with Crippen molar-refractivity contribution in [3.63, 3.8) is 0 Å². The van der Waals surface area contributed by atoms with E-state index in [-0.39, 0.29) is 11.5 Å². The second-order valence-corrected chi connectivity index (χ2v) is 4.37. The Morgan fingerprint density at radius 1 is 1.50 bits per heavy atom. The summed E-state index contributed by atoms with van der Waals surface area (Å²) in [4.78, 5) is 7.79. The predicted molar refractivity (Wildman–Crippen MR) is 65.6 cm³/mol. The first-order valence-electron chi connectivity index (χ1n) is 5.11. The minimum Gasteiger partial charge on any atom is -0.374 e. The van der Waals surface area contributed by atoms with E-state index in [1.54, 1.807) is 6.07 Å². The maximum Gasteiger partial charge on any atom is 0.223 e. The predicted octanol–water partition coefficient (Wildman–Crippen LogP) is 1.94. The number of hydrogen-bond donors (Lipinski definition) is 2. The van der Waals surface area contributed by atoms with Crippen molar-refractivity contribution in [1.29, 1.82) is 0 Å². The summed E-state index contributed by atoms with van der Waals surface area (Å²) in [6, 6.07) is 1.62. The van der Waals surface area contributed by atoms with Gasteiger partial charge in [-0.2, -0.15) is 4.98 Å². The van der Waals surface area contributed by atoms with Gasteiger partial charge in [0.25, 0.3) is 0 Å². The molecule has 0 amide bonds. The van der Waals surface area contributed by atoms with Crippen LogP contribution in [0.3, 0.4) is 0 Å². The molecule has 6 heteroatoms. The molecule has 90 valence electrons. The van der Waals surface area contributed by atoms with Gasteiger partial charge in [0, 0.05) is 19.2 Å². The van der Waals surface area contributed by atoms with Gasteiger partial charge in [0.05, 0.1) is 5.60 Å². The number of aromatic nitrogens is 2. The summed E-state index contributed by atoms with van der Waals surface area (Å²) in [7, 11) is 0. The highest BCUT2D eigenvalue weighted by molar-refractivity contribution is 6.29. The Balaban J connectivity index is 2.60. The zero-order valence-electron chi connectivity index (χ0n) is 9.75. The van der Waals surface area contributed by atoms with E-state index in [0.29, 0.717) is 24.1 Å². The Morgan fingerprint density at radius 2 is 2.19 bits per heavy atom. The molecule has 0 spiro atoms. The van der Waals surface area contributed by atoms with Gasteiger partial charge < -0.3 is 15.8 Å². The number of hydrogen-bond acceptors (Lipinski definition) is 5. The molecule has 0 saturated carbocycles. The molecular weight excluding hydrogens is 228 g/mol. The second kappa shape index (κ2) is 5.32. The lowest BCUT2D eigenvalue weighted by Gasteiger charge is -2.25. The van der Waals surface area contributed by atoms with Gasteiger partial charge in [-0.05, 0) is 20.8 Å². The Kier molecular flexibility index (Phi) is 4.32. The molecule has 0 aliphatic rings. The molecule has 1 aromatic rings. The SMILES string of the molecule is CCOC(C)(C)CNc1cc(Cl)nc(N)n1. The second-order valence-electron chi connectivity index (χ2n) is 3.98. The smallest absolute Gasteiger partial charge is 0.223 e. The van der Waals surface area contributed by atoms with Crippen LogP contribution in [0.4, 0.5) is 11.8 Å². The van der Waals surface area contributed by atoms with E-state index in [4.69, 9.17) is 22.1 Å². The van der Waals surface area contributed by atoms with Crippen molar-refractivity contribution in [3.8, 4) is 0 Å². The summed E-state index contributed by atoms with van der Waals surface area (Å²) in [5.74, 6) is 0.759. The van der Waals surface area contributed by atoms with E-state index in [0.717, 1.165) is 0 Å². The van der Waals surface area contributed by atoms with Crippen molar-refractivity contribution in [2.45, 2.75) is 26.4 Å². The average Bonchev–Trinajstić information content (AvgIpc) is 2.13. The maximum absolute atomic E-state index is 5.76. The third-order valence-electron chi connectivity index (χ3n) is 1.94. The molecule has 3 N–H and O–H groups in total. The lowest BCUT2D eigenvalue weighted by molar-refractivity contribution is 0.000642. The van der Waals surface area contributed by atoms with Gasteiger partial charge in [-0.15, -0.1) is 0 Å². The monoisotopic (exact) mass is 244 g/mol. The first kappa shape index (κ1) is 13.0. The van der Waals surface area contributed by atoms with Crippen LogP contribution in [-0.4, -0.2) is 28.7 Å². The number of nitrogens with zero attached hydrogens (tertiary/aromatic N) is 2. The molecule has 1 rings (SSSR count). The summed E-state index contributed by atoms with van der Waals surface area (Å²) in [6.45, 7) is 7.24. The summed E-state index contributed by atoms with van der Waals surface area (Å²) in [5, 5.41) is 3.43. The van der Waals surface area contributed by atoms with E-state index >= 15 is 0 Å². The number of nitrogens with one attached hydrogen (secondary N) is 1. The molecule has 0 bridgehead atoms. The van der Waals surface area contributed by atoms with Crippen LogP contribution >= 0.6 is 11.6 Å². The van der Waals surface area contributed by atoms with E-state index in [9.17, 15) is 0 Å². The maximum atomic E-state index is 5.76. The van der Waals surface area contributed by atoms with Crippen LogP contribution in [0.2, 0.25) is 5.15 Å². The van der Waals surface area contributed by atoms with E-state index in [1.165, 1.54) is 0 Å². The van der Waals surface area contributed by atoms with Gasteiger partial charge in [-0.1, -0.05) is 11.6 Å². The van der Waals surface area contributed by atoms with Crippen molar-refractivity contribution < 1.29 is 4.74 Å². The molecule has 0 aliphatic heterocycles. The molecule has 1 aromatic heterocycles. The number of rotatable bonds is 5. The van der Waals surface area contributed by atoms with Crippen LogP contribution in [0.15, 0.2) is 6.07 Å². The van der Waals surface area contributed by atoms with Gasteiger partial charge in [0.15, 0.2) is 0 Å². The Labute approximate surface area is 100 Å². The van der Waals surface area contributed by atoms with E-state index < -0.39 is 0 Å². The van der Waals surface area contributed by atoms with Crippen LogP contribution in [0.1, 0.15) is 20.8 Å². The fourth-order valence-electron chi connectivity index (χ4n) is 1.27. The van der Waals surface area contributed by atoms with Crippen molar-refractivity contribution in [2.24, 2.45) is 0 Å². The van der Waals surface area contributed by atoms with Gasteiger partial charge >= 0.3 is 0 Å². The van der Waals surface area contributed by atoms with Crippen molar-refractivity contribution in [2.75, 3.05) is 24.2 Å². The van der Waals surface area contributed by atoms with Crippen LogP contribution in [-0.2, 0) is 4.74 Å². The molecule has 0 radical (unpaired) electrons. The molecule has 1 heterocycles. The molecule has 0 aliphatic carbocycles. The normalized spacial score (nSPS) is 11.5. The van der Waals surface area contributed by atoms with Gasteiger partial charge in [-0.25, -0.2) is 4.98 Å². The molecule has 0 aromatic carbocycles. The fourth-order valence-corrected chi connectivity index (χ4v) is 1.46. The topological polar surface area (TPSA) is 73.1 Å². The third kappa shape index (κ3) is 4.20. The summed E-state index contributed by atoms with van der Waals surface area (Å²) >= 11 is 5.76. The number of nitrogens with two attached hydrogens (primary N) is 1. The number of nitrogen functional groups attached to an aromatic ring is 1. The van der Waals surface area contributed by atoms with Gasteiger partial charge in [-0.3, -0.25) is 0 Å². The largest absolute Gasteiger partial charge is 0.374 e. The third-order valence-corrected chi connectivity index (χ3v) is 2.14. The number of halogens is 1. The van der Waals surface area contributed by atoms with Crippen molar-refractivity contribution in [3.05, 3.63) is 11.2 Å². The molecular formula is C10H17ClN4O. The molecule has 16 heavy (non-hydrogen) atoms. The zero-order valence-corrected chi connectivity index (χ0v) is 10.5. The lowest BCUT2D eigenvalue weighted by atomic mass is 10.1. The highest BCUT2D eigenvalue weighted by Crippen LogP contribution is 2.15. The Hall–Kier alpha value is -1.07. The van der Waals surface area contributed by atoms with E-state index in [1.807, 2.05) is 20.8 Å². The number of anilines is 2. The average molecular weight is 245 g/mol. The summed E-state index contributed by atoms with van der Waals surface area (Å²) in [6.07, 6.45) is 0. The van der Waals surface area contributed by atoms with Gasteiger partial charge in [0.1, 0.15) is 11.0 Å². The highest BCUT2D eigenvalue weighted by Gasteiger charge is 2.17. The molecule has 0 atom stereocenters. The summed E-state index contributed by atoms with van der Waals surface area (Å²) < 4.78 is 5.54. The molecule has 0 unspecified atom stereocenters. The van der Waals surface area contributed by atoms with Crippen LogP contribution in [0.25, 0.3) is 0 Å². The Bertz CT molecular complexity index is 336. The first-order valence-corrected chi connectivity index (χ1v) is 5.48. The van der Waals surface area contributed by atoms with Crippen LogP contribution in [0, 0.1) is 0 Å². The quantitative estimate of drug-likeness (QED) is 0.775. The molecule has 0 fully saturated rings. The first-order chi connectivity index (χ1) is 7.43. The summed E-state index contributed by atoms with van der Waals surface area (Å²) in [5.41, 5.74) is 5.22. The highest BCUT2D eigenvalue weighted by atomic mass is 35.5. The Morgan fingerprint density at radius 3 is 2.75 bits per heavy atom. The minimum absolute atomic E-state index is 0.157. The van der Waals surface area contributed by atoms with Crippen LogP contribution in [0.5, 0.6) is 0 Å². The van der Waals surface area contributed by atoms with Crippen molar-refractivity contribution >= 4 is 23.4 Å². The number of ether oxygens (including phenoxy) is 1.